The van der Waals surface area contributed by atoms with E-state index in [0.717, 1.165) is 23.4 Å². The van der Waals surface area contributed by atoms with Crippen molar-refractivity contribution in [3.63, 3.8) is 0 Å². The smallest absolute Gasteiger partial charge is 0.308 e. The van der Waals surface area contributed by atoms with Crippen LogP contribution in [0.1, 0.15) is 25.8 Å². The zero-order chi connectivity index (χ0) is 17.0. The summed E-state index contributed by atoms with van der Waals surface area (Å²) in [6.07, 6.45) is 2.94. The van der Waals surface area contributed by atoms with E-state index < -0.39 is 6.04 Å². The molecule has 1 fully saturated rings. The van der Waals surface area contributed by atoms with Crippen LogP contribution in [-0.4, -0.2) is 39.1 Å². The van der Waals surface area contributed by atoms with Crippen LogP contribution in [0.25, 0.3) is 0 Å². The Morgan fingerprint density at radius 3 is 2.65 bits per heavy atom. The van der Waals surface area contributed by atoms with Crippen LogP contribution in [0.4, 0.5) is 10.5 Å². The second kappa shape index (κ2) is 7.50. The van der Waals surface area contributed by atoms with Crippen molar-refractivity contribution in [1.82, 2.24) is 4.90 Å². The molecule has 2 amide bonds. The third kappa shape index (κ3) is 4.15. The molecule has 1 aliphatic heterocycles. The Hall–Kier alpha value is -1.32. The molecule has 6 heteroatoms. The van der Waals surface area contributed by atoms with E-state index in [0.29, 0.717) is 0 Å². The van der Waals surface area contributed by atoms with Crippen LogP contribution < -0.4 is 5.32 Å². The zero-order valence-electron chi connectivity index (χ0n) is 14.0. The van der Waals surface area contributed by atoms with Crippen LogP contribution >= 0.6 is 23.5 Å². The first-order valence-corrected chi connectivity index (χ1v) is 9.88. The Kier molecular flexibility index (Phi) is 5.88. The van der Waals surface area contributed by atoms with E-state index >= 15 is 0 Å². The average molecular weight is 350 g/mol. The number of benzene rings is 1. The van der Waals surface area contributed by atoms with Gasteiger partial charge >= 0.3 is 6.03 Å². The van der Waals surface area contributed by atoms with Gasteiger partial charge in [0, 0.05) is 10.4 Å². The fourth-order valence-corrected chi connectivity index (χ4v) is 4.85. The molecule has 1 saturated heterocycles. The quantitative estimate of drug-likeness (QED) is 0.879. The molecule has 124 valence electrons. The van der Waals surface area contributed by atoms with Gasteiger partial charge in [0.05, 0.1) is 11.4 Å². The van der Waals surface area contributed by atoms with Gasteiger partial charge < -0.3 is 5.32 Å². The van der Waals surface area contributed by atoms with E-state index in [4.69, 9.17) is 0 Å². The van der Waals surface area contributed by atoms with Crippen LogP contribution in [0.5, 0.6) is 0 Å². The number of aryl methyl sites for hydroxylation is 1. The Labute approximate surface area is 147 Å². The second-order valence-electron chi connectivity index (χ2n) is 6.19. The molecular formula is C17H23N3OS2. The maximum Gasteiger partial charge on any atom is 0.323 e. The van der Waals surface area contributed by atoms with E-state index in [9.17, 15) is 10.1 Å². The van der Waals surface area contributed by atoms with Gasteiger partial charge in [0.1, 0.15) is 6.04 Å². The van der Waals surface area contributed by atoms with Gasteiger partial charge in [-0.3, -0.25) is 4.90 Å². The summed E-state index contributed by atoms with van der Waals surface area (Å²) in [6, 6.07) is 9.41. The number of hydrogen-bond donors (Lipinski definition) is 1. The predicted octanol–water partition coefficient (Wildman–Crippen LogP) is 4.33. The van der Waals surface area contributed by atoms with Gasteiger partial charge in [0.25, 0.3) is 0 Å². The van der Waals surface area contributed by atoms with Crippen molar-refractivity contribution in [1.29, 1.82) is 5.26 Å². The third-order valence-electron chi connectivity index (χ3n) is 3.92. The lowest BCUT2D eigenvalue weighted by atomic mass is 10.0. The van der Waals surface area contributed by atoms with Crippen molar-refractivity contribution in [3.05, 3.63) is 29.8 Å². The van der Waals surface area contributed by atoms with E-state index in [2.05, 4.69) is 17.6 Å². The summed E-state index contributed by atoms with van der Waals surface area (Å²) in [6.45, 7) is 6.09. The summed E-state index contributed by atoms with van der Waals surface area (Å²) in [5.41, 5.74) is 1.91. The molecule has 23 heavy (non-hydrogen) atoms. The first-order valence-electron chi connectivity index (χ1n) is 7.61. The number of carbonyl (C=O) groups excluding carboxylic acids is 1. The number of urea groups is 1. The molecule has 0 saturated carbocycles. The molecule has 2 rings (SSSR count). The Morgan fingerprint density at radius 2 is 2.09 bits per heavy atom. The lowest BCUT2D eigenvalue weighted by molar-refractivity contribution is 0.194. The number of nitrogens with zero attached hydrogens (tertiary/aromatic N) is 2. The minimum atomic E-state index is -0.426. The molecule has 0 bridgehead atoms. The largest absolute Gasteiger partial charge is 0.323 e. The monoisotopic (exact) mass is 349 g/mol. The number of anilines is 1. The maximum atomic E-state index is 12.8. The highest BCUT2D eigenvalue weighted by Gasteiger charge is 2.49. The molecule has 0 radical (unpaired) electrons. The highest BCUT2D eigenvalue weighted by atomic mass is 32.2. The molecule has 1 heterocycles. The van der Waals surface area contributed by atoms with Crippen molar-refractivity contribution < 1.29 is 4.79 Å². The molecule has 1 aliphatic rings. The third-order valence-corrected chi connectivity index (χ3v) is 6.12. The first kappa shape index (κ1) is 18.0. The molecule has 1 aromatic carbocycles. The molecule has 1 N–H and O–H groups in total. The Bertz CT molecular complexity index is 595. The van der Waals surface area contributed by atoms with Crippen molar-refractivity contribution in [2.24, 2.45) is 0 Å². The molecular weight excluding hydrogens is 326 g/mol. The molecule has 1 aromatic rings. The van der Waals surface area contributed by atoms with Crippen molar-refractivity contribution >= 4 is 35.2 Å². The van der Waals surface area contributed by atoms with E-state index in [1.165, 1.54) is 0 Å². The molecule has 0 aromatic heterocycles. The number of nitrogens with one attached hydrogen (secondary N) is 1. The van der Waals surface area contributed by atoms with Crippen molar-refractivity contribution in [2.45, 2.75) is 43.4 Å². The summed E-state index contributed by atoms with van der Waals surface area (Å²) in [7, 11) is 0. The number of hydrogen-bond acceptors (Lipinski definition) is 4. The summed E-state index contributed by atoms with van der Waals surface area (Å²) in [4.78, 5) is 14.5. The number of carbonyl (C=O) groups is 1. The molecule has 0 spiro atoms. The van der Waals surface area contributed by atoms with Crippen LogP contribution in [0.3, 0.4) is 0 Å². The fourth-order valence-electron chi connectivity index (χ4n) is 2.68. The van der Waals surface area contributed by atoms with Crippen molar-refractivity contribution in [2.75, 3.05) is 17.3 Å². The molecule has 2 unspecified atom stereocenters. The normalized spacial score (nSPS) is 22.7. The van der Waals surface area contributed by atoms with Gasteiger partial charge in [-0.1, -0.05) is 17.7 Å². The predicted molar refractivity (Wildman–Crippen MR) is 99.9 cm³/mol. The van der Waals surface area contributed by atoms with E-state index in [1.54, 1.807) is 28.4 Å². The van der Waals surface area contributed by atoms with Gasteiger partial charge in [0.15, 0.2) is 0 Å². The van der Waals surface area contributed by atoms with E-state index in [1.807, 2.05) is 45.0 Å². The minimum absolute atomic E-state index is 0.0348. The summed E-state index contributed by atoms with van der Waals surface area (Å²) >= 11 is 3.48. The first-order chi connectivity index (χ1) is 10.9. The topological polar surface area (TPSA) is 56.1 Å². The molecule has 4 nitrogen and oxygen atoms in total. The average Bonchev–Trinajstić information content (AvgIpc) is 2.77. The summed E-state index contributed by atoms with van der Waals surface area (Å²) in [5.74, 6) is 0.972. The van der Waals surface area contributed by atoms with Gasteiger partial charge in [-0.25, -0.2) is 4.79 Å². The highest BCUT2D eigenvalue weighted by molar-refractivity contribution is 8.01. The van der Waals surface area contributed by atoms with Gasteiger partial charge in [-0.15, -0.1) is 11.8 Å². The second-order valence-corrected chi connectivity index (χ2v) is 9.01. The lowest BCUT2D eigenvalue weighted by Crippen LogP contribution is -2.47. The minimum Gasteiger partial charge on any atom is -0.308 e. The van der Waals surface area contributed by atoms with Gasteiger partial charge in [-0.05, 0) is 51.3 Å². The number of amides is 2. The molecule has 0 aliphatic carbocycles. The molecule has 2 atom stereocenters. The van der Waals surface area contributed by atoms with Crippen LogP contribution in [0.2, 0.25) is 0 Å². The van der Waals surface area contributed by atoms with Gasteiger partial charge in [0.2, 0.25) is 0 Å². The van der Waals surface area contributed by atoms with Crippen LogP contribution in [-0.2, 0) is 0 Å². The SMILES string of the molecule is CSCCC1SC(C)(C)C(C#N)N1C(=O)Nc1ccc(C)cc1. The van der Waals surface area contributed by atoms with E-state index in [-0.39, 0.29) is 16.2 Å². The Balaban J connectivity index is 2.19. The van der Waals surface area contributed by atoms with Crippen LogP contribution in [0.15, 0.2) is 24.3 Å². The number of nitriles is 1. The van der Waals surface area contributed by atoms with Gasteiger partial charge in [-0.2, -0.15) is 17.0 Å². The zero-order valence-corrected chi connectivity index (χ0v) is 15.6. The summed E-state index contributed by atoms with van der Waals surface area (Å²) in [5, 5.41) is 12.5. The number of thioether (sulfide) groups is 2. The standard InChI is InChI=1S/C17H23N3OS2/c1-12-5-7-13(8-6-12)19-16(21)20-14(11-18)17(2,3)23-15(20)9-10-22-4/h5-8,14-15H,9-10H2,1-4H3,(H,19,21). The lowest BCUT2D eigenvalue weighted by Gasteiger charge is -2.28. The fraction of sp³-hybridized carbons (Fsp3) is 0.529. The number of rotatable bonds is 4. The Morgan fingerprint density at radius 1 is 1.43 bits per heavy atom. The van der Waals surface area contributed by atoms with Crippen molar-refractivity contribution in [3.8, 4) is 6.07 Å². The van der Waals surface area contributed by atoms with Crippen LogP contribution in [0, 0.1) is 18.3 Å². The highest BCUT2D eigenvalue weighted by Crippen LogP contribution is 2.45. The maximum absolute atomic E-state index is 12.8. The summed E-state index contributed by atoms with van der Waals surface area (Å²) < 4.78 is -0.261.